The van der Waals surface area contributed by atoms with E-state index in [1.54, 1.807) is 18.2 Å². The molecule has 1 atom stereocenters. The number of carbonyl (C=O) groups excluding carboxylic acids is 2. The van der Waals surface area contributed by atoms with Crippen molar-refractivity contribution >= 4 is 55.1 Å². The Morgan fingerprint density at radius 3 is 2.21 bits per heavy atom. The Labute approximate surface area is 238 Å². The molecular formula is C28H31BrClN3O4S. The first-order valence-electron chi connectivity index (χ1n) is 12.1. The van der Waals surface area contributed by atoms with Gasteiger partial charge in [0.1, 0.15) is 12.6 Å². The number of halogens is 2. The van der Waals surface area contributed by atoms with E-state index >= 15 is 0 Å². The third-order valence-electron chi connectivity index (χ3n) is 5.72. The highest BCUT2D eigenvalue weighted by atomic mass is 79.9. The van der Waals surface area contributed by atoms with Crippen LogP contribution < -0.4 is 9.62 Å². The van der Waals surface area contributed by atoms with Crippen molar-refractivity contribution in [3.63, 3.8) is 0 Å². The lowest BCUT2D eigenvalue weighted by Gasteiger charge is -2.34. The Kier molecular flexibility index (Phi) is 10.4. The van der Waals surface area contributed by atoms with Gasteiger partial charge in [-0.2, -0.15) is 0 Å². The zero-order chi connectivity index (χ0) is 27.9. The topological polar surface area (TPSA) is 86.8 Å². The van der Waals surface area contributed by atoms with Gasteiger partial charge in [0.2, 0.25) is 21.8 Å². The van der Waals surface area contributed by atoms with Crippen molar-refractivity contribution in [3.8, 4) is 0 Å². The van der Waals surface area contributed by atoms with Crippen LogP contribution in [-0.2, 0) is 32.6 Å². The largest absolute Gasteiger partial charge is 0.352 e. The van der Waals surface area contributed by atoms with Crippen LogP contribution >= 0.6 is 27.5 Å². The van der Waals surface area contributed by atoms with Gasteiger partial charge in [-0.3, -0.25) is 13.9 Å². The molecule has 0 saturated carbocycles. The van der Waals surface area contributed by atoms with Crippen molar-refractivity contribution in [2.45, 2.75) is 38.9 Å². The van der Waals surface area contributed by atoms with Crippen molar-refractivity contribution < 1.29 is 18.0 Å². The van der Waals surface area contributed by atoms with Crippen LogP contribution in [0.4, 0.5) is 5.69 Å². The van der Waals surface area contributed by atoms with Gasteiger partial charge in [0.15, 0.2) is 0 Å². The Morgan fingerprint density at radius 1 is 0.947 bits per heavy atom. The van der Waals surface area contributed by atoms with Gasteiger partial charge in [-0.1, -0.05) is 76.1 Å². The molecule has 0 aliphatic carbocycles. The molecule has 38 heavy (non-hydrogen) atoms. The van der Waals surface area contributed by atoms with E-state index in [4.69, 9.17) is 11.6 Å². The maximum atomic E-state index is 14.0. The zero-order valence-corrected chi connectivity index (χ0v) is 24.6. The lowest BCUT2D eigenvalue weighted by molar-refractivity contribution is -0.140. The lowest BCUT2D eigenvalue weighted by Crippen LogP contribution is -2.54. The van der Waals surface area contributed by atoms with Crippen molar-refractivity contribution in [3.05, 3.63) is 99.5 Å². The molecule has 0 saturated heterocycles. The van der Waals surface area contributed by atoms with Crippen molar-refractivity contribution in [2.24, 2.45) is 0 Å². The fraction of sp³-hybridized carbons (Fsp3) is 0.286. The first-order chi connectivity index (χ1) is 17.9. The molecule has 0 spiro atoms. The molecule has 7 nitrogen and oxygen atoms in total. The highest BCUT2D eigenvalue weighted by Gasteiger charge is 2.33. The standard InChI is InChI=1S/C28H31BrClN3O4S/c1-20(2)31-28(35)26(16-21-9-5-4-6-10-21)32(18-22-11-7-12-23(29)15-22)27(34)19-33(38(3,36)37)25-14-8-13-24(30)17-25/h4-15,17,20,26H,16,18-19H2,1-3H3,(H,31,35). The normalized spacial score (nSPS) is 12.2. The number of anilines is 1. The molecule has 1 unspecified atom stereocenters. The monoisotopic (exact) mass is 619 g/mol. The molecule has 0 heterocycles. The zero-order valence-electron chi connectivity index (χ0n) is 21.5. The number of hydrogen-bond donors (Lipinski definition) is 1. The Balaban J connectivity index is 2.06. The highest BCUT2D eigenvalue weighted by molar-refractivity contribution is 9.10. The van der Waals surface area contributed by atoms with E-state index < -0.39 is 28.5 Å². The lowest BCUT2D eigenvalue weighted by atomic mass is 10.0. The molecular weight excluding hydrogens is 590 g/mol. The van der Waals surface area contributed by atoms with Gasteiger partial charge in [0.25, 0.3) is 0 Å². The van der Waals surface area contributed by atoms with Crippen LogP contribution in [0.1, 0.15) is 25.0 Å². The number of rotatable bonds is 11. The third-order valence-corrected chi connectivity index (χ3v) is 7.59. The van der Waals surface area contributed by atoms with E-state index in [0.29, 0.717) is 5.02 Å². The predicted molar refractivity (Wildman–Crippen MR) is 156 cm³/mol. The Bertz CT molecular complexity index is 1370. The van der Waals surface area contributed by atoms with Gasteiger partial charge in [-0.25, -0.2) is 8.42 Å². The summed E-state index contributed by atoms with van der Waals surface area (Å²) in [5, 5.41) is 3.27. The van der Waals surface area contributed by atoms with E-state index in [9.17, 15) is 18.0 Å². The molecule has 0 fully saturated rings. The highest BCUT2D eigenvalue weighted by Crippen LogP contribution is 2.23. The SMILES string of the molecule is CC(C)NC(=O)C(Cc1ccccc1)N(Cc1cccc(Br)c1)C(=O)CN(c1cccc(Cl)c1)S(C)(=O)=O. The van der Waals surface area contributed by atoms with Crippen LogP contribution in [0.2, 0.25) is 5.02 Å². The molecule has 0 aliphatic rings. The summed E-state index contributed by atoms with van der Waals surface area (Å²) in [6.07, 6.45) is 1.29. The summed E-state index contributed by atoms with van der Waals surface area (Å²) in [6, 6.07) is 22.1. The van der Waals surface area contributed by atoms with Crippen LogP contribution in [0.5, 0.6) is 0 Å². The van der Waals surface area contributed by atoms with Crippen molar-refractivity contribution in [1.29, 1.82) is 0 Å². The maximum Gasteiger partial charge on any atom is 0.244 e. The molecule has 3 aromatic rings. The third kappa shape index (κ3) is 8.58. The average molecular weight is 621 g/mol. The van der Waals surface area contributed by atoms with Gasteiger partial charge in [-0.05, 0) is 55.3 Å². The number of nitrogens with zero attached hydrogens (tertiary/aromatic N) is 2. The molecule has 0 bridgehead atoms. The molecule has 3 aromatic carbocycles. The predicted octanol–water partition coefficient (Wildman–Crippen LogP) is 5.03. The average Bonchev–Trinajstić information content (AvgIpc) is 2.84. The second-order valence-corrected chi connectivity index (χ2v) is 12.5. The van der Waals surface area contributed by atoms with Crippen LogP contribution in [0.3, 0.4) is 0 Å². The smallest absolute Gasteiger partial charge is 0.244 e. The van der Waals surface area contributed by atoms with Crippen LogP contribution in [0.25, 0.3) is 0 Å². The number of amides is 2. The van der Waals surface area contributed by atoms with Crippen molar-refractivity contribution in [2.75, 3.05) is 17.1 Å². The summed E-state index contributed by atoms with van der Waals surface area (Å²) in [4.78, 5) is 28.9. The first kappa shape index (κ1) is 29.7. The summed E-state index contributed by atoms with van der Waals surface area (Å²) in [5.41, 5.74) is 1.93. The van der Waals surface area contributed by atoms with E-state index in [-0.39, 0.29) is 30.6 Å². The van der Waals surface area contributed by atoms with Crippen molar-refractivity contribution in [1.82, 2.24) is 10.2 Å². The Morgan fingerprint density at radius 2 is 1.61 bits per heavy atom. The minimum absolute atomic E-state index is 0.106. The first-order valence-corrected chi connectivity index (χ1v) is 15.1. The summed E-state index contributed by atoms with van der Waals surface area (Å²) in [5.74, 6) is -0.837. The number of carbonyl (C=O) groups is 2. The second kappa shape index (κ2) is 13.3. The Hall–Kier alpha value is -2.88. The van der Waals surface area contributed by atoms with Gasteiger partial charge < -0.3 is 10.2 Å². The van der Waals surface area contributed by atoms with Gasteiger partial charge >= 0.3 is 0 Å². The maximum absolute atomic E-state index is 14.0. The fourth-order valence-corrected chi connectivity index (χ4v) is 5.48. The fourth-order valence-electron chi connectivity index (χ4n) is 4.01. The van der Waals surface area contributed by atoms with E-state index in [0.717, 1.165) is 26.2 Å². The van der Waals surface area contributed by atoms with Crippen LogP contribution in [0.15, 0.2) is 83.3 Å². The molecule has 2 amide bonds. The van der Waals surface area contributed by atoms with E-state index in [1.165, 1.54) is 11.0 Å². The molecule has 3 rings (SSSR count). The number of sulfonamides is 1. The summed E-state index contributed by atoms with van der Waals surface area (Å²) >= 11 is 9.58. The quantitative estimate of drug-likeness (QED) is 0.326. The number of nitrogens with one attached hydrogen (secondary N) is 1. The number of benzene rings is 3. The van der Waals surface area contributed by atoms with Gasteiger partial charge in [-0.15, -0.1) is 0 Å². The minimum atomic E-state index is -3.85. The molecule has 0 radical (unpaired) electrons. The second-order valence-electron chi connectivity index (χ2n) is 9.27. The van der Waals surface area contributed by atoms with E-state index in [1.807, 2.05) is 68.4 Å². The minimum Gasteiger partial charge on any atom is -0.352 e. The summed E-state index contributed by atoms with van der Waals surface area (Å²) < 4.78 is 27.4. The molecule has 202 valence electrons. The van der Waals surface area contributed by atoms with Gasteiger partial charge in [0.05, 0.1) is 11.9 Å². The summed E-state index contributed by atoms with van der Waals surface area (Å²) in [7, 11) is -3.85. The number of hydrogen-bond acceptors (Lipinski definition) is 4. The van der Waals surface area contributed by atoms with E-state index in [2.05, 4.69) is 21.2 Å². The molecule has 0 aliphatic heterocycles. The van der Waals surface area contributed by atoms with Crippen LogP contribution in [0, 0.1) is 0 Å². The van der Waals surface area contributed by atoms with Gasteiger partial charge in [0, 0.05) is 28.5 Å². The molecule has 10 heteroatoms. The molecule has 1 N–H and O–H groups in total. The summed E-state index contributed by atoms with van der Waals surface area (Å²) in [6.45, 7) is 3.31. The molecule has 0 aromatic heterocycles. The van der Waals surface area contributed by atoms with Crippen LogP contribution in [-0.4, -0.2) is 50.0 Å².